The van der Waals surface area contributed by atoms with Crippen LogP contribution in [0.15, 0.2) is 0 Å². The van der Waals surface area contributed by atoms with Crippen molar-refractivity contribution in [3.8, 4) is 0 Å². The van der Waals surface area contributed by atoms with Gasteiger partial charge in [-0.2, -0.15) is 0 Å². The van der Waals surface area contributed by atoms with Gasteiger partial charge in [-0.15, -0.1) is 0 Å². The van der Waals surface area contributed by atoms with E-state index in [1.165, 1.54) is 0 Å². The van der Waals surface area contributed by atoms with E-state index in [0.717, 1.165) is 12.8 Å². The highest BCUT2D eigenvalue weighted by Crippen LogP contribution is 2.45. The van der Waals surface area contributed by atoms with Crippen LogP contribution < -0.4 is 11.1 Å². The summed E-state index contributed by atoms with van der Waals surface area (Å²) >= 11 is 0. The second-order valence-electron chi connectivity index (χ2n) is 7.71. The van der Waals surface area contributed by atoms with Crippen LogP contribution in [0.4, 0.5) is 0 Å². The molecular formula is C16H29N3O2. The molecule has 2 fully saturated rings. The molecule has 0 aromatic heterocycles. The van der Waals surface area contributed by atoms with Crippen LogP contribution in [-0.2, 0) is 9.59 Å². The Hall–Kier alpha value is -1.10. The zero-order chi connectivity index (χ0) is 16.0. The van der Waals surface area contributed by atoms with Gasteiger partial charge in [0.2, 0.25) is 11.8 Å². The van der Waals surface area contributed by atoms with Crippen LogP contribution in [0.5, 0.6) is 0 Å². The molecule has 0 radical (unpaired) electrons. The van der Waals surface area contributed by atoms with Gasteiger partial charge < -0.3 is 16.0 Å². The third kappa shape index (κ3) is 2.56. The Kier molecular flexibility index (Phi) is 4.08. The Morgan fingerprint density at radius 3 is 2.52 bits per heavy atom. The number of piperazine rings is 1. The Balaban J connectivity index is 2.25. The molecule has 5 nitrogen and oxygen atoms in total. The van der Waals surface area contributed by atoms with Crippen LogP contribution in [0, 0.1) is 17.3 Å². The van der Waals surface area contributed by atoms with E-state index in [-0.39, 0.29) is 29.2 Å². The molecular weight excluding hydrogens is 266 g/mol. The minimum absolute atomic E-state index is 0.0579. The van der Waals surface area contributed by atoms with E-state index in [1.807, 2.05) is 13.8 Å². The number of hydrogen-bond acceptors (Lipinski definition) is 3. The summed E-state index contributed by atoms with van der Waals surface area (Å²) in [5.41, 5.74) is 5.27. The third-order valence-corrected chi connectivity index (χ3v) is 5.92. The molecule has 2 rings (SSSR count). The van der Waals surface area contributed by atoms with Gasteiger partial charge in [-0.3, -0.25) is 9.59 Å². The summed E-state index contributed by atoms with van der Waals surface area (Å²) < 4.78 is 0. The molecule has 0 bridgehead atoms. The summed E-state index contributed by atoms with van der Waals surface area (Å²) in [6, 6.07) is 0.154. The van der Waals surface area contributed by atoms with Gasteiger partial charge in [-0.1, -0.05) is 20.8 Å². The number of amides is 2. The van der Waals surface area contributed by atoms with E-state index in [9.17, 15) is 9.59 Å². The van der Waals surface area contributed by atoms with Crippen molar-refractivity contribution >= 4 is 11.8 Å². The summed E-state index contributed by atoms with van der Waals surface area (Å²) in [5.74, 6) is 0.276. The van der Waals surface area contributed by atoms with Gasteiger partial charge in [0.25, 0.3) is 0 Å². The van der Waals surface area contributed by atoms with Crippen molar-refractivity contribution < 1.29 is 9.59 Å². The number of nitrogens with zero attached hydrogens (tertiary/aromatic N) is 1. The lowest BCUT2D eigenvalue weighted by Crippen LogP contribution is -2.65. The largest absolute Gasteiger partial charge is 0.352 e. The van der Waals surface area contributed by atoms with Gasteiger partial charge in [-0.25, -0.2) is 0 Å². The van der Waals surface area contributed by atoms with Crippen LogP contribution in [0.1, 0.15) is 47.5 Å². The van der Waals surface area contributed by atoms with Crippen LogP contribution in [0.25, 0.3) is 0 Å². The number of carbonyl (C=O) groups is 2. The van der Waals surface area contributed by atoms with Gasteiger partial charge in [-0.05, 0) is 38.0 Å². The Morgan fingerprint density at radius 2 is 1.90 bits per heavy atom. The summed E-state index contributed by atoms with van der Waals surface area (Å²) in [7, 11) is 0. The first kappa shape index (κ1) is 16.3. The minimum atomic E-state index is -0.770. The zero-order valence-corrected chi connectivity index (χ0v) is 13.9. The number of carbonyl (C=O) groups excluding carboxylic acids is 2. The maximum absolute atomic E-state index is 13.1. The number of rotatable bonds is 1. The fraction of sp³-hybridized carbons (Fsp3) is 0.875. The average molecular weight is 295 g/mol. The normalized spacial score (nSPS) is 35.2. The van der Waals surface area contributed by atoms with Gasteiger partial charge in [0.1, 0.15) is 5.54 Å². The summed E-state index contributed by atoms with van der Waals surface area (Å²) in [6.07, 6.45) is 1.69. The van der Waals surface area contributed by atoms with E-state index in [1.54, 1.807) is 4.90 Å². The molecule has 120 valence electrons. The maximum atomic E-state index is 13.1. The average Bonchev–Trinajstić information content (AvgIpc) is 2.38. The lowest BCUT2D eigenvalue weighted by molar-refractivity contribution is -0.157. The van der Waals surface area contributed by atoms with Crippen LogP contribution in [0.2, 0.25) is 0 Å². The van der Waals surface area contributed by atoms with Crippen LogP contribution in [0.3, 0.4) is 0 Å². The molecule has 3 N–H and O–H groups in total. The zero-order valence-electron chi connectivity index (χ0n) is 13.9. The van der Waals surface area contributed by atoms with E-state index in [2.05, 4.69) is 26.1 Å². The molecule has 1 aliphatic heterocycles. The van der Waals surface area contributed by atoms with Crippen molar-refractivity contribution in [3.63, 3.8) is 0 Å². The van der Waals surface area contributed by atoms with Gasteiger partial charge in [0, 0.05) is 25.0 Å². The molecule has 0 aromatic rings. The molecule has 1 heterocycles. The van der Waals surface area contributed by atoms with Crippen molar-refractivity contribution in [2.24, 2.45) is 23.0 Å². The Labute approximate surface area is 127 Å². The lowest BCUT2D eigenvalue weighted by atomic mass is 9.60. The number of nitrogens with one attached hydrogen (secondary N) is 1. The van der Waals surface area contributed by atoms with Crippen molar-refractivity contribution in [1.82, 2.24) is 10.2 Å². The molecule has 5 heteroatoms. The third-order valence-electron chi connectivity index (χ3n) is 5.92. The second kappa shape index (κ2) is 5.27. The number of hydrogen-bond donors (Lipinski definition) is 2. The fourth-order valence-corrected chi connectivity index (χ4v) is 3.77. The maximum Gasteiger partial charge on any atom is 0.245 e. The predicted octanol–water partition coefficient (Wildman–Crippen LogP) is 1.12. The molecule has 3 atom stereocenters. The van der Waals surface area contributed by atoms with Gasteiger partial charge in [0.05, 0.1) is 0 Å². The highest BCUT2D eigenvalue weighted by molar-refractivity contribution is 5.92. The predicted molar refractivity (Wildman–Crippen MR) is 82.4 cm³/mol. The Bertz CT molecular complexity index is 445. The molecule has 2 amide bonds. The fourth-order valence-electron chi connectivity index (χ4n) is 3.77. The quantitative estimate of drug-likeness (QED) is 0.761. The smallest absolute Gasteiger partial charge is 0.245 e. The van der Waals surface area contributed by atoms with Crippen LogP contribution in [-0.4, -0.2) is 41.4 Å². The first-order chi connectivity index (χ1) is 9.60. The van der Waals surface area contributed by atoms with Crippen LogP contribution >= 0.6 is 0 Å². The van der Waals surface area contributed by atoms with Crippen molar-refractivity contribution in [3.05, 3.63) is 0 Å². The molecule has 0 aromatic carbocycles. The second-order valence-corrected chi connectivity index (χ2v) is 7.71. The molecule has 1 saturated carbocycles. The SMILES string of the molecule is CC1C(N)CCC(C(=O)N2CCNC(=O)C2(C)C)C1(C)C. The number of nitrogens with two attached hydrogens (primary N) is 1. The topological polar surface area (TPSA) is 75.4 Å². The van der Waals surface area contributed by atoms with Crippen molar-refractivity contribution in [2.45, 2.75) is 59.0 Å². The highest BCUT2D eigenvalue weighted by Gasteiger charge is 2.50. The van der Waals surface area contributed by atoms with Gasteiger partial charge in [0.15, 0.2) is 0 Å². The molecule has 3 unspecified atom stereocenters. The van der Waals surface area contributed by atoms with Crippen molar-refractivity contribution in [1.29, 1.82) is 0 Å². The molecule has 21 heavy (non-hydrogen) atoms. The molecule has 1 saturated heterocycles. The highest BCUT2D eigenvalue weighted by atomic mass is 16.2. The summed E-state index contributed by atoms with van der Waals surface area (Å²) in [5, 5.41) is 2.84. The molecule has 0 spiro atoms. The lowest BCUT2D eigenvalue weighted by Gasteiger charge is -2.50. The van der Waals surface area contributed by atoms with Gasteiger partial charge >= 0.3 is 0 Å². The first-order valence-corrected chi connectivity index (χ1v) is 7.95. The van der Waals surface area contributed by atoms with Crippen molar-refractivity contribution in [2.75, 3.05) is 13.1 Å². The van der Waals surface area contributed by atoms with E-state index in [0.29, 0.717) is 19.0 Å². The van der Waals surface area contributed by atoms with E-state index in [4.69, 9.17) is 5.73 Å². The summed E-state index contributed by atoms with van der Waals surface area (Å²) in [6.45, 7) is 11.2. The monoisotopic (exact) mass is 295 g/mol. The first-order valence-electron chi connectivity index (χ1n) is 7.95. The molecule has 1 aliphatic carbocycles. The summed E-state index contributed by atoms with van der Waals surface area (Å²) in [4.78, 5) is 26.9. The molecule has 2 aliphatic rings. The Morgan fingerprint density at radius 1 is 1.29 bits per heavy atom. The van der Waals surface area contributed by atoms with E-state index >= 15 is 0 Å². The minimum Gasteiger partial charge on any atom is -0.352 e. The standard InChI is InChI=1S/C16H29N3O2/c1-10-12(17)7-6-11(15(10,2)3)13(20)19-9-8-18-14(21)16(19,4)5/h10-12H,6-9,17H2,1-5H3,(H,18,21). The van der Waals surface area contributed by atoms with E-state index < -0.39 is 5.54 Å².